The maximum absolute atomic E-state index is 5.64. The van der Waals surface area contributed by atoms with Crippen LogP contribution in [0.15, 0.2) is 36.0 Å². The van der Waals surface area contributed by atoms with Crippen LogP contribution in [-0.2, 0) is 0 Å². The third kappa shape index (κ3) is 5.73. The van der Waals surface area contributed by atoms with Gasteiger partial charge in [-0.3, -0.25) is 5.43 Å². The highest BCUT2D eigenvalue weighted by Gasteiger charge is 2.09. The molecule has 0 aliphatic heterocycles. The quantitative estimate of drug-likeness (QED) is 0.334. The topological polar surface area (TPSA) is 54.9 Å². The van der Waals surface area contributed by atoms with Crippen LogP contribution in [0, 0.1) is 0 Å². The first-order valence-electron chi connectivity index (χ1n) is 7.21. The lowest BCUT2D eigenvalue weighted by molar-refractivity contribution is 0.330. The fraction of sp³-hybridized carbons (Fsp3) is 0.375. The van der Waals surface area contributed by atoms with Crippen LogP contribution in [0.3, 0.4) is 0 Å². The second-order valence-electron chi connectivity index (χ2n) is 4.33. The molecule has 0 spiro atoms. The molecule has 0 saturated heterocycles. The number of nitrogens with one attached hydrogen (secondary N) is 2. The van der Waals surface area contributed by atoms with Crippen LogP contribution in [0.4, 0.5) is 0 Å². The van der Waals surface area contributed by atoms with Crippen LogP contribution in [0.5, 0.6) is 11.5 Å². The van der Waals surface area contributed by atoms with Crippen molar-refractivity contribution in [1.82, 2.24) is 10.7 Å². The van der Waals surface area contributed by atoms with E-state index in [2.05, 4.69) is 22.4 Å². The average Bonchev–Trinajstić information content (AvgIpc) is 2.52. The van der Waals surface area contributed by atoms with E-state index in [0.717, 1.165) is 22.8 Å². The molecule has 120 valence electrons. The Hall–Kier alpha value is -2.08. The molecule has 0 radical (unpaired) electrons. The number of nitrogens with zero attached hydrogens (tertiary/aromatic N) is 1. The van der Waals surface area contributed by atoms with Crippen molar-refractivity contribution in [2.75, 3.05) is 19.8 Å². The fourth-order valence-electron chi connectivity index (χ4n) is 1.73. The smallest absolute Gasteiger partial charge is 0.187 e. The normalized spacial score (nSPS) is 10.8. The summed E-state index contributed by atoms with van der Waals surface area (Å²) in [6.45, 7) is 11.2. The van der Waals surface area contributed by atoms with E-state index < -0.39 is 0 Å². The molecule has 22 heavy (non-hydrogen) atoms. The minimum Gasteiger partial charge on any atom is -0.494 e. The molecule has 0 atom stereocenters. The zero-order chi connectivity index (χ0) is 16.4. The van der Waals surface area contributed by atoms with Gasteiger partial charge in [-0.05, 0) is 51.2 Å². The highest BCUT2D eigenvalue weighted by molar-refractivity contribution is 7.80. The van der Waals surface area contributed by atoms with Gasteiger partial charge in [0.1, 0.15) is 11.5 Å². The van der Waals surface area contributed by atoms with Gasteiger partial charge in [0, 0.05) is 12.1 Å². The van der Waals surface area contributed by atoms with Gasteiger partial charge in [0.25, 0.3) is 0 Å². The van der Waals surface area contributed by atoms with Crippen molar-refractivity contribution >= 4 is 23.0 Å². The lowest BCUT2D eigenvalue weighted by atomic mass is 10.1. The van der Waals surface area contributed by atoms with E-state index in [0.29, 0.717) is 24.9 Å². The van der Waals surface area contributed by atoms with Gasteiger partial charge < -0.3 is 14.8 Å². The van der Waals surface area contributed by atoms with E-state index in [1.807, 2.05) is 39.0 Å². The zero-order valence-electron chi connectivity index (χ0n) is 13.3. The Balaban J connectivity index is 2.92. The third-order valence-corrected chi connectivity index (χ3v) is 2.92. The minimum absolute atomic E-state index is 0.443. The van der Waals surface area contributed by atoms with E-state index in [4.69, 9.17) is 21.7 Å². The molecule has 0 bridgehead atoms. The molecule has 0 saturated carbocycles. The number of ether oxygens (including phenoxy) is 2. The van der Waals surface area contributed by atoms with Crippen molar-refractivity contribution in [1.29, 1.82) is 0 Å². The van der Waals surface area contributed by atoms with Gasteiger partial charge in [-0.2, -0.15) is 5.10 Å². The predicted molar refractivity (Wildman–Crippen MR) is 94.9 cm³/mol. The Kier molecular flexibility index (Phi) is 7.99. The average molecular weight is 321 g/mol. The van der Waals surface area contributed by atoms with E-state index >= 15 is 0 Å². The van der Waals surface area contributed by atoms with Crippen LogP contribution in [0.1, 0.15) is 26.3 Å². The molecule has 0 aliphatic carbocycles. The summed E-state index contributed by atoms with van der Waals surface area (Å²) in [4.78, 5) is 0. The van der Waals surface area contributed by atoms with Crippen molar-refractivity contribution in [3.8, 4) is 11.5 Å². The minimum atomic E-state index is 0.443. The molecule has 1 aromatic carbocycles. The fourth-order valence-corrected chi connectivity index (χ4v) is 1.86. The molecule has 0 unspecified atom stereocenters. The lowest BCUT2D eigenvalue weighted by Crippen LogP contribution is -2.32. The number of hydrazone groups is 1. The number of hydrogen-bond donors (Lipinski definition) is 2. The van der Waals surface area contributed by atoms with Crippen LogP contribution >= 0.6 is 12.2 Å². The first kappa shape index (κ1) is 18.0. The number of thiocarbonyl (C=S) groups is 1. The van der Waals surface area contributed by atoms with Gasteiger partial charge in [-0.15, -0.1) is 6.58 Å². The van der Waals surface area contributed by atoms with Gasteiger partial charge in [-0.1, -0.05) is 6.08 Å². The van der Waals surface area contributed by atoms with Crippen molar-refractivity contribution < 1.29 is 9.47 Å². The van der Waals surface area contributed by atoms with Crippen molar-refractivity contribution in [3.05, 3.63) is 36.4 Å². The summed E-state index contributed by atoms with van der Waals surface area (Å²) in [7, 11) is 0. The highest BCUT2D eigenvalue weighted by atomic mass is 32.1. The van der Waals surface area contributed by atoms with Crippen LogP contribution in [0.2, 0.25) is 0 Å². The Morgan fingerprint density at radius 2 is 2.05 bits per heavy atom. The highest BCUT2D eigenvalue weighted by Crippen LogP contribution is 2.25. The molecule has 0 amide bonds. The third-order valence-electron chi connectivity index (χ3n) is 2.68. The lowest BCUT2D eigenvalue weighted by Gasteiger charge is -2.13. The van der Waals surface area contributed by atoms with Gasteiger partial charge in [0.15, 0.2) is 5.11 Å². The molecule has 1 aromatic rings. The molecule has 0 fully saturated rings. The van der Waals surface area contributed by atoms with Crippen LogP contribution < -0.4 is 20.2 Å². The Labute approximate surface area is 137 Å². The van der Waals surface area contributed by atoms with E-state index in [1.54, 1.807) is 6.08 Å². The number of rotatable bonds is 8. The van der Waals surface area contributed by atoms with Crippen LogP contribution in [-0.4, -0.2) is 30.6 Å². The largest absolute Gasteiger partial charge is 0.494 e. The molecular formula is C16H23N3O2S. The number of benzene rings is 1. The second-order valence-corrected chi connectivity index (χ2v) is 4.74. The molecule has 0 aliphatic rings. The molecule has 6 heteroatoms. The standard InChI is InChI=1S/C16H23N3O2S/c1-5-10-17-16(22)19-18-12(4)14-11-13(20-6-2)8-9-15(14)21-7-3/h5,8-9,11H,1,6-7,10H2,2-4H3,(H2,17,19,22)/b18-12-. The van der Waals surface area contributed by atoms with Gasteiger partial charge in [-0.25, -0.2) is 0 Å². The van der Waals surface area contributed by atoms with Gasteiger partial charge in [0.2, 0.25) is 0 Å². The molecular weight excluding hydrogens is 298 g/mol. The summed E-state index contributed by atoms with van der Waals surface area (Å²) in [6.07, 6.45) is 1.73. The Bertz CT molecular complexity index is 544. The summed E-state index contributed by atoms with van der Waals surface area (Å²) >= 11 is 5.11. The summed E-state index contributed by atoms with van der Waals surface area (Å²) in [5.41, 5.74) is 4.43. The van der Waals surface area contributed by atoms with Gasteiger partial charge in [0.05, 0.1) is 18.9 Å². The van der Waals surface area contributed by atoms with E-state index in [9.17, 15) is 0 Å². The van der Waals surface area contributed by atoms with Crippen molar-refractivity contribution in [3.63, 3.8) is 0 Å². The first-order chi connectivity index (χ1) is 10.6. The summed E-state index contributed by atoms with van der Waals surface area (Å²) in [6, 6.07) is 5.68. The first-order valence-corrected chi connectivity index (χ1v) is 7.62. The van der Waals surface area contributed by atoms with Crippen molar-refractivity contribution in [2.45, 2.75) is 20.8 Å². The maximum Gasteiger partial charge on any atom is 0.187 e. The SMILES string of the molecule is C=CCNC(=S)N/N=C(/C)c1cc(OCC)ccc1OCC. The molecule has 1 rings (SSSR count). The van der Waals surface area contributed by atoms with E-state index in [1.165, 1.54) is 0 Å². The molecule has 5 nitrogen and oxygen atoms in total. The second kappa shape index (κ2) is 9.78. The Morgan fingerprint density at radius 1 is 1.32 bits per heavy atom. The van der Waals surface area contributed by atoms with E-state index in [-0.39, 0.29) is 0 Å². The summed E-state index contributed by atoms with van der Waals surface area (Å²) < 4.78 is 11.2. The van der Waals surface area contributed by atoms with Gasteiger partial charge >= 0.3 is 0 Å². The summed E-state index contributed by atoms with van der Waals surface area (Å²) in [5, 5.41) is 7.68. The summed E-state index contributed by atoms with van der Waals surface area (Å²) in [5.74, 6) is 1.54. The molecule has 2 N–H and O–H groups in total. The maximum atomic E-state index is 5.64. The molecule has 0 aromatic heterocycles. The monoisotopic (exact) mass is 321 g/mol. The predicted octanol–water partition coefficient (Wildman–Crippen LogP) is 2.86. The zero-order valence-corrected chi connectivity index (χ0v) is 14.1. The van der Waals surface area contributed by atoms with Crippen LogP contribution in [0.25, 0.3) is 0 Å². The van der Waals surface area contributed by atoms with Crippen molar-refractivity contribution in [2.24, 2.45) is 5.10 Å². The molecule has 0 heterocycles. The Morgan fingerprint density at radius 3 is 2.68 bits per heavy atom. The number of hydrogen-bond acceptors (Lipinski definition) is 4.